The topological polar surface area (TPSA) is 39.1 Å². The largest absolute Gasteiger partial charge is 0.489 e. The minimum absolute atomic E-state index is 0.149. The summed E-state index contributed by atoms with van der Waals surface area (Å²) in [5, 5.41) is 7.58. The first-order valence-electron chi connectivity index (χ1n) is 5.91. The molecule has 4 nitrogen and oxygen atoms in total. The maximum Gasteiger partial charge on any atom is 0.157 e. The molecule has 0 aromatic carbocycles. The van der Waals surface area contributed by atoms with Gasteiger partial charge in [-0.25, -0.2) is 0 Å². The van der Waals surface area contributed by atoms with Crippen LogP contribution in [0.3, 0.4) is 0 Å². The van der Waals surface area contributed by atoms with Gasteiger partial charge in [0.15, 0.2) is 5.75 Å². The van der Waals surface area contributed by atoms with Gasteiger partial charge in [0.1, 0.15) is 6.61 Å². The van der Waals surface area contributed by atoms with E-state index in [2.05, 4.69) is 38.1 Å². The Balaban J connectivity index is 2.21. The van der Waals surface area contributed by atoms with E-state index in [1.54, 1.807) is 6.20 Å². The molecule has 4 heteroatoms. The molecule has 0 radical (unpaired) electrons. The summed E-state index contributed by atoms with van der Waals surface area (Å²) in [5.74, 6) is 0.851. The summed E-state index contributed by atoms with van der Waals surface area (Å²) >= 11 is 0. The zero-order valence-corrected chi connectivity index (χ0v) is 10.8. The predicted molar refractivity (Wildman–Crippen MR) is 65.8 cm³/mol. The summed E-state index contributed by atoms with van der Waals surface area (Å²) in [6.07, 6.45) is 4.81. The van der Waals surface area contributed by atoms with Gasteiger partial charge in [-0.3, -0.25) is 4.68 Å². The zero-order chi connectivity index (χ0) is 12.0. The van der Waals surface area contributed by atoms with E-state index in [9.17, 15) is 0 Å². The second-order valence-corrected chi connectivity index (χ2v) is 4.96. The normalized spacial score (nSPS) is 11.8. The lowest BCUT2D eigenvalue weighted by Crippen LogP contribution is -2.38. The number of nitrogens with one attached hydrogen (secondary N) is 1. The Kier molecular flexibility index (Phi) is 4.80. The molecule has 0 atom stereocenters. The van der Waals surface area contributed by atoms with Crippen molar-refractivity contribution in [2.75, 3.05) is 13.2 Å². The average Bonchev–Trinajstić information content (AvgIpc) is 2.60. The summed E-state index contributed by atoms with van der Waals surface area (Å²) < 4.78 is 7.49. The van der Waals surface area contributed by atoms with Crippen LogP contribution in [0.15, 0.2) is 12.4 Å². The molecule has 0 fully saturated rings. The third-order valence-electron chi connectivity index (χ3n) is 2.09. The third kappa shape index (κ3) is 5.16. The molecule has 16 heavy (non-hydrogen) atoms. The lowest BCUT2D eigenvalue weighted by atomic mass is 10.1. The Labute approximate surface area is 98.0 Å². The molecule has 0 aliphatic carbocycles. The zero-order valence-electron chi connectivity index (χ0n) is 10.8. The number of ether oxygens (including phenoxy) is 1. The van der Waals surface area contributed by atoms with Gasteiger partial charge in [-0.2, -0.15) is 5.10 Å². The number of rotatable bonds is 6. The van der Waals surface area contributed by atoms with Crippen LogP contribution < -0.4 is 10.1 Å². The van der Waals surface area contributed by atoms with Gasteiger partial charge in [-0.05, 0) is 27.2 Å². The second-order valence-electron chi connectivity index (χ2n) is 4.96. The van der Waals surface area contributed by atoms with E-state index < -0.39 is 0 Å². The van der Waals surface area contributed by atoms with Crippen molar-refractivity contribution in [1.82, 2.24) is 15.1 Å². The van der Waals surface area contributed by atoms with Crippen LogP contribution >= 0.6 is 0 Å². The van der Waals surface area contributed by atoms with Crippen molar-refractivity contribution in [2.45, 2.75) is 46.2 Å². The molecule has 1 N–H and O–H groups in total. The molecule has 1 aromatic heterocycles. The first kappa shape index (κ1) is 13.0. The first-order valence-corrected chi connectivity index (χ1v) is 5.91. The number of nitrogens with zero attached hydrogens (tertiary/aromatic N) is 2. The van der Waals surface area contributed by atoms with E-state index in [4.69, 9.17) is 4.74 Å². The summed E-state index contributed by atoms with van der Waals surface area (Å²) in [6.45, 7) is 11.0. The highest BCUT2D eigenvalue weighted by Gasteiger charge is 2.07. The van der Waals surface area contributed by atoms with Gasteiger partial charge in [0.25, 0.3) is 0 Å². The Hall–Kier alpha value is -1.03. The van der Waals surface area contributed by atoms with Gasteiger partial charge in [-0.1, -0.05) is 6.92 Å². The highest BCUT2D eigenvalue weighted by molar-refractivity contribution is 5.11. The molecule has 0 saturated heterocycles. The van der Waals surface area contributed by atoms with Crippen molar-refractivity contribution in [3.05, 3.63) is 12.4 Å². The molecular formula is C12H23N3O. The molecule has 0 aliphatic heterocycles. The van der Waals surface area contributed by atoms with Crippen molar-refractivity contribution in [3.8, 4) is 5.75 Å². The van der Waals surface area contributed by atoms with Crippen LogP contribution in [0, 0.1) is 0 Å². The van der Waals surface area contributed by atoms with Crippen molar-refractivity contribution < 1.29 is 4.74 Å². The fourth-order valence-corrected chi connectivity index (χ4v) is 1.37. The van der Waals surface area contributed by atoms with E-state index in [1.165, 1.54) is 0 Å². The van der Waals surface area contributed by atoms with Crippen molar-refractivity contribution in [1.29, 1.82) is 0 Å². The van der Waals surface area contributed by atoms with Crippen LogP contribution in [0.5, 0.6) is 5.75 Å². The Morgan fingerprint density at radius 1 is 1.44 bits per heavy atom. The molecule has 0 amide bonds. The average molecular weight is 225 g/mol. The van der Waals surface area contributed by atoms with Crippen LogP contribution in [0.2, 0.25) is 0 Å². The molecule has 0 saturated carbocycles. The van der Waals surface area contributed by atoms with Gasteiger partial charge < -0.3 is 10.1 Å². The fourth-order valence-electron chi connectivity index (χ4n) is 1.37. The molecule has 92 valence electrons. The molecule has 1 aromatic rings. The van der Waals surface area contributed by atoms with E-state index in [-0.39, 0.29) is 5.54 Å². The SMILES string of the molecule is CCCn1cc(OCCNC(C)(C)C)cn1. The maximum atomic E-state index is 5.58. The minimum Gasteiger partial charge on any atom is -0.489 e. The van der Waals surface area contributed by atoms with Gasteiger partial charge in [0.05, 0.1) is 12.4 Å². The second kappa shape index (κ2) is 5.89. The molecular weight excluding hydrogens is 202 g/mol. The van der Waals surface area contributed by atoms with Crippen molar-refractivity contribution in [3.63, 3.8) is 0 Å². The van der Waals surface area contributed by atoms with Gasteiger partial charge in [-0.15, -0.1) is 0 Å². The molecule has 1 rings (SSSR count). The smallest absolute Gasteiger partial charge is 0.157 e. The third-order valence-corrected chi connectivity index (χ3v) is 2.09. The lowest BCUT2D eigenvalue weighted by molar-refractivity contribution is 0.290. The number of aromatic nitrogens is 2. The van der Waals surface area contributed by atoms with E-state index in [0.29, 0.717) is 6.61 Å². The van der Waals surface area contributed by atoms with Gasteiger partial charge in [0.2, 0.25) is 0 Å². The van der Waals surface area contributed by atoms with Crippen LogP contribution in [0.4, 0.5) is 0 Å². The fraction of sp³-hybridized carbons (Fsp3) is 0.750. The lowest BCUT2D eigenvalue weighted by Gasteiger charge is -2.20. The first-order chi connectivity index (χ1) is 7.51. The Bertz CT molecular complexity index is 301. The highest BCUT2D eigenvalue weighted by atomic mass is 16.5. The van der Waals surface area contributed by atoms with Gasteiger partial charge in [0, 0.05) is 18.6 Å². The van der Waals surface area contributed by atoms with E-state index >= 15 is 0 Å². The molecule has 1 heterocycles. The van der Waals surface area contributed by atoms with Crippen LogP contribution in [0.25, 0.3) is 0 Å². The minimum atomic E-state index is 0.149. The van der Waals surface area contributed by atoms with E-state index in [0.717, 1.165) is 25.3 Å². The summed E-state index contributed by atoms with van der Waals surface area (Å²) in [5.41, 5.74) is 0.149. The van der Waals surface area contributed by atoms with Gasteiger partial charge >= 0.3 is 0 Å². The molecule has 0 spiro atoms. The van der Waals surface area contributed by atoms with Crippen molar-refractivity contribution >= 4 is 0 Å². The number of hydrogen-bond donors (Lipinski definition) is 1. The monoisotopic (exact) mass is 225 g/mol. The summed E-state index contributed by atoms with van der Waals surface area (Å²) in [6, 6.07) is 0. The Morgan fingerprint density at radius 3 is 2.81 bits per heavy atom. The molecule has 0 bridgehead atoms. The predicted octanol–water partition coefficient (Wildman–Crippen LogP) is 2.06. The number of aryl methyl sites for hydroxylation is 1. The van der Waals surface area contributed by atoms with Crippen molar-refractivity contribution in [2.24, 2.45) is 0 Å². The number of hydrogen-bond acceptors (Lipinski definition) is 3. The Morgan fingerprint density at radius 2 is 2.19 bits per heavy atom. The van der Waals surface area contributed by atoms with Crippen LogP contribution in [-0.2, 0) is 6.54 Å². The highest BCUT2D eigenvalue weighted by Crippen LogP contribution is 2.08. The summed E-state index contributed by atoms with van der Waals surface area (Å²) in [7, 11) is 0. The van der Waals surface area contributed by atoms with Crippen LogP contribution in [0.1, 0.15) is 34.1 Å². The van der Waals surface area contributed by atoms with E-state index in [1.807, 2.05) is 10.9 Å². The quantitative estimate of drug-likeness (QED) is 0.753. The van der Waals surface area contributed by atoms with Crippen LogP contribution in [-0.4, -0.2) is 28.5 Å². The standard InChI is InChI=1S/C12H23N3O/c1-5-7-15-10-11(9-14-15)16-8-6-13-12(2,3)4/h9-10,13H,5-8H2,1-4H3. The summed E-state index contributed by atoms with van der Waals surface area (Å²) in [4.78, 5) is 0. The molecule has 0 unspecified atom stereocenters. The maximum absolute atomic E-state index is 5.58. The molecule has 0 aliphatic rings.